The van der Waals surface area contributed by atoms with Gasteiger partial charge in [-0.3, -0.25) is 4.98 Å². The van der Waals surface area contributed by atoms with Crippen LogP contribution in [0.25, 0.3) is 0 Å². The van der Waals surface area contributed by atoms with E-state index in [1.54, 1.807) is 0 Å². The molecule has 1 N–H and O–H groups in total. The largest absolute Gasteiger partial charge is 0.371 e. The maximum absolute atomic E-state index is 4.42. The van der Waals surface area contributed by atoms with Gasteiger partial charge in [-0.25, -0.2) is 0 Å². The minimum absolute atomic E-state index is 0.869. The maximum Gasteiger partial charge on any atom is 0.0562 e. The van der Waals surface area contributed by atoms with Crippen LogP contribution >= 0.6 is 0 Å². The van der Waals surface area contributed by atoms with Crippen LogP contribution in [0.3, 0.4) is 0 Å². The van der Waals surface area contributed by atoms with Gasteiger partial charge in [-0.15, -0.1) is 0 Å². The summed E-state index contributed by atoms with van der Waals surface area (Å²) in [4.78, 5) is 6.87. The smallest absolute Gasteiger partial charge is 0.0562 e. The van der Waals surface area contributed by atoms with Crippen molar-refractivity contribution in [2.24, 2.45) is 0 Å². The highest BCUT2D eigenvalue weighted by molar-refractivity contribution is 5.46. The van der Waals surface area contributed by atoms with E-state index in [2.05, 4.69) is 48.1 Å². The van der Waals surface area contributed by atoms with Gasteiger partial charge in [-0.05, 0) is 37.9 Å². The first-order chi connectivity index (χ1) is 8.81. The normalized spacial score (nSPS) is 10.6. The van der Waals surface area contributed by atoms with Crippen molar-refractivity contribution in [2.75, 3.05) is 24.5 Å². The molecule has 0 aliphatic carbocycles. The molecule has 3 nitrogen and oxygen atoms in total. The molecule has 0 saturated heterocycles. The maximum atomic E-state index is 4.42. The van der Waals surface area contributed by atoms with E-state index in [0.717, 1.165) is 38.3 Å². The van der Waals surface area contributed by atoms with Crippen LogP contribution in [0.5, 0.6) is 0 Å². The summed E-state index contributed by atoms with van der Waals surface area (Å²) in [6, 6.07) is 4.34. The molecule has 0 unspecified atom stereocenters. The second kappa shape index (κ2) is 8.92. The molecule has 1 aromatic rings. The first kappa shape index (κ1) is 15.0. The van der Waals surface area contributed by atoms with E-state index in [1.807, 2.05) is 6.20 Å². The lowest BCUT2D eigenvalue weighted by molar-refractivity contribution is 0.663. The number of hydrogen-bond acceptors (Lipinski definition) is 3. The molecular formula is C15H27N3. The number of nitrogens with one attached hydrogen (secondary N) is 1. The van der Waals surface area contributed by atoms with Gasteiger partial charge >= 0.3 is 0 Å². The molecule has 0 saturated carbocycles. The fourth-order valence-corrected chi connectivity index (χ4v) is 2.06. The summed E-state index contributed by atoms with van der Waals surface area (Å²) in [7, 11) is 0. The van der Waals surface area contributed by atoms with E-state index in [1.165, 1.54) is 18.5 Å². The molecule has 18 heavy (non-hydrogen) atoms. The van der Waals surface area contributed by atoms with Gasteiger partial charge in [-0.1, -0.05) is 20.8 Å². The van der Waals surface area contributed by atoms with Gasteiger partial charge in [-0.2, -0.15) is 0 Å². The summed E-state index contributed by atoms with van der Waals surface area (Å²) in [5, 5.41) is 3.40. The van der Waals surface area contributed by atoms with Gasteiger partial charge in [0.2, 0.25) is 0 Å². The Morgan fingerprint density at radius 2 is 1.83 bits per heavy atom. The fourth-order valence-electron chi connectivity index (χ4n) is 2.06. The molecule has 0 fully saturated rings. The molecular weight excluding hydrogens is 222 g/mol. The van der Waals surface area contributed by atoms with Crippen molar-refractivity contribution < 1.29 is 0 Å². The number of nitrogens with zero attached hydrogens (tertiary/aromatic N) is 2. The second-order valence-electron chi connectivity index (χ2n) is 4.67. The Bertz CT molecular complexity index is 319. The van der Waals surface area contributed by atoms with E-state index in [4.69, 9.17) is 0 Å². The SMILES string of the molecule is CCCNCc1cc(N(CCC)CCC)ccn1. The van der Waals surface area contributed by atoms with Crippen LogP contribution in [0, 0.1) is 0 Å². The first-order valence-electron chi connectivity index (χ1n) is 7.22. The van der Waals surface area contributed by atoms with Gasteiger partial charge in [0, 0.05) is 31.5 Å². The van der Waals surface area contributed by atoms with Gasteiger partial charge in [0.25, 0.3) is 0 Å². The van der Waals surface area contributed by atoms with Crippen LogP contribution in [0.15, 0.2) is 18.3 Å². The Balaban J connectivity index is 2.65. The molecule has 0 aliphatic heterocycles. The average Bonchev–Trinajstić information content (AvgIpc) is 2.39. The first-order valence-corrected chi connectivity index (χ1v) is 7.22. The summed E-state index contributed by atoms with van der Waals surface area (Å²) in [5.41, 5.74) is 2.44. The molecule has 0 spiro atoms. The number of rotatable bonds is 9. The molecule has 0 bridgehead atoms. The van der Waals surface area contributed by atoms with E-state index in [9.17, 15) is 0 Å². The third kappa shape index (κ3) is 5.05. The van der Waals surface area contributed by atoms with Crippen LogP contribution in [-0.4, -0.2) is 24.6 Å². The van der Waals surface area contributed by atoms with Crippen LogP contribution in [0.1, 0.15) is 45.7 Å². The third-order valence-corrected chi connectivity index (χ3v) is 2.89. The molecule has 102 valence electrons. The van der Waals surface area contributed by atoms with Crippen LogP contribution in [0.4, 0.5) is 5.69 Å². The minimum Gasteiger partial charge on any atom is -0.371 e. The van der Waals surface area contributed by atoms with Crippen LogP contribution in [-0.2, 0) is 6.54 Å². The predicted octanol–water partition coefficient (Wildman–Crippen LogP) is 3.21. The molecule has 0 atom stereocenters. The second-order valence-corrected chi connectivity index (χ2v) is 4.67. The standard InChI is InChI=1S/C15H27N3/c1-4-8-16-13-14-12-15(7-9-17-14)18(10-5-2)11-6-3/h7,9,12,16H,4-6,8,10-11,13H2,1-3H3. The predicted molar refractivity (Wildman–Crippen MR) is 79.0 cm³/mol. The summed E-state index contributed by atoms with van der Waals surface area (Å²) in [5.74, 6) is 0. The number of aromatic nitrogens is 1. The molecule has 1 heterocycles. The van der Waals surface area contributed by atoms with Crippen molar-refractivity contribution in [2.45, 2.75) is 46.6 Å². The Labute approximate surface area is 112 Å². The van der Waals surface area contributed by atoms with Crippen molar-refractivity contribution in [3.63, 3.8) is 0 Å². The average molecular weight is 249 g/mol. The van der Waals surface area contributed by atoms with Crippen LogP contribution < -0.4 is 10.2 Å². The monoisotopic (exact) mass is 249 g/mol. The van der Waals surface area contributed by atoms with Crippen molar-refractivity contribution in [1.29, 1.82) is 0 Å². The topological polar surface area (TPSA) is 28.2 Å². The highest BCUT2D eigenvalue weighted by atomic mass is 15.1. The van der Waals surface area contributed by atoms with Gasteiger partial charge in [0.1, 0.15) is 0 Å². The quantitative estimate of drug-likeness (QED) is 0.681. The summed E-state index contributed by atoms with van der Waals surface area (Å²) < 4.78 is 0. The van der Waals surface area contributed by atoms with Crippen LogP contribution in [0.2, 0.25) is 0 Å². The van der Waals surface area contributed by atoms with Crippen molar-refractivity contribution in [1.82, 2.24) is 10.3 Å². The highest BCUT2D eigenvalue weighted by Gasteiger charge is 2.05. The zero-order chi connectivity index (χ0) is 13.2. The highest BCUT2D eigenvalue weighted by Crippen LogP contribution is 2.15. The zero-order valence-electron chi connectivity index (χ0n) is 12.1. The van der Waals surface area contributed by atoms with Crippen molar-refractivity contribution in [3.05, 3.63) is 24.0 Å². The van der Waals surface area contributed by atoms with E-state index in [0.29, 0.717) is 0 Å². The van der Waals surface area contributed by atoms with Crippen molar-refractivity contribution in [3.8, 4) is 0 Å². The van der Waals surface area contributed by atoms with E-state index in [-0.39, 0.29) is 0 Å². The molecule has 0 aromatic carbocycles. The van der Waals surface area contributed by atoms with Gasteiger partial charge in [0.15, 0.2) is 0 Å². The lowest BCUT2D eigenvalue weighted by Crippen LogP contribution is -2.25. The number of hydrogen-bond donors (Lipinski definition) is 1. The molecule has 3 heteroatoms. The van der Waals surface area contributed by atoms with Gasteiger partial charge in [0.05, 0.1) is 5.69 Å². The Kier molecular flexibility index (Phi) is 7.42. The Hall–Kier alpha value is -1.09. The number of anilines is 1. The summed E-state index contributed by atoms with van der Waals surface area (Å²) >= 11 is 0. The van der Waals surface area contributed by atoms with Gasteiger partial charge < -0.3 is 10.2 Å². The Morgan fingerprint density at radius 3 is 2.44 bits per heavy atom. The lowest BCUT2D eigenvalue weighted by atomic mass is 10.2. The number of pyridine rings is 1. The molecule has 0 aliphatic rings. The lowest BCUT2D eigenvalue weighted by Gasteiger charge is -2.24. The summed E-state index contributed by atoms with van der Waals surface area (Å²) in [6.45, 7) is 10.8. The zero-order valence-corrected chi connectivity index (χ0v) is 12.1. The molecule has 0 radical (unpaired) electrons. The Morgan fingerprint density at radius 1 is 1.11 bits per heavy atom. The fraction of sp³-hybridized carbons (Fsp3) is 0.667. The minimum atomic E-state index is 0.869. The molecule has 1 aromatic heterocycles. The third-order valence-electron chi connectivity index (χ3n) is 2.89. The summed E-state index contributed by atoms with van der Waals surface area (Å²) in [6.07, 6.45) is 5.46. The molecule has 1 rings (SSSR count). The van der Waals surface area contributed by atoms with E-state index >= 15 is 0 Å². The van der Waals surface area contributed by atoms with Crippen molar-refractivity contribution >= 4 is 5.69 Å². The van der Waals surface area contributed by atoms with E-state index < -0.39 is 0 Å². The molecule has 0 amide bonds.